The molecular weight excluding hydrogens is 216 g/mol. The molecule has 96 valence electrons. The van der Waals surface area contributed by atoms with Crippen molar-refractivity contribution in [2.24, 2.45) is 0 Å². The number of hydrogen-bond acceptors (Lipinski definition) is 2. The van der Waals surface area contributed by atoms with Crippen LogP contribution in [0.3, 0.4) is 0 Å². The zero-order valence-electron chi connectivity index (χ0n) is 11.8. The smallest absolute Gasteiger partial charge is 0.191 e. The van der Waals surface area contributed by atoms with Gasteiger partial charge in [-0.3, -0.25) is 0 Å². The molecule has 0 fully saturated rings. The third-order valence-corrected chi connectivity index (χ3v) is 8.00. The maximum Gasteiger partial charge on any atom is 0.191 e. The average molecular weight is 244 g/mol. The molecule has 3 heteroatoms. The summed E-state index contributed by atoms with van der Waals surface area (Å²) >= 11 is 0. The van der Waals surface area contributed by atoms with Gasteiger partial charge in [0.2, 0.25) is 0 Å². The number of aliphatic hydroxyl groups excluding tert-OH is 1. The van der Waals surface area contributed by atoms with Crippen LogP contribution < -0.4 is 0 Å². The molecule has 0 saturated heterocycles. The molecule has 1 N–H and O–H groups in total. The highest BCUT2D eigenvalue weighted by Gasteiger charge is 2.36. The van der Waals surface area contributed by atoms with Crippen LogP contribution in [0.25, 0.3) is 0 Å². The van der Waals surface area contributed by atoms with Gasteiger partial charge in [-0.1, -0.05) is 32.9 Å². The van der Waals surface area contributed by atoms with E-state index in [1.165, 1.54) is 0 Å². The van der Waals surface area contributed by atoms with Gasteiger partial charge in [0.25, 0.3) is 0 Å². The summed E-state index contributed by atoms with van der Waals surface area (Å²) in [6, 6.07) is 0. The molecule has 0 rings (SSSR count). The third-order valence-electron chi connectivity index (χ3n) is 3.46. The van der Waals surface area contributed by atoms with Crippen molar-refractivity contribution in [2.45, 2.75) is 64.8 Å². The minimum Gasteiger partial charge on any atom is -0.417 e. The number of rotatable bonds is 6. The van der Waals surface area contributed by atoms with E-state index < -0.39 is 8.32 Å². The van der Waals surface area contributed by atoms with E-state index in [9.17, 15) is 5.11 Å². The molecule has 0 saturated carbocycles. The highest BCUT2D eigenvalue weighted by molar-refractivity contribution is 6.74. The van der Waals surface area contributed by atoms with Gasteiger partial charge in [0.05, 0.1) is 6.10 Å². The van der Waals surface area contributed by atoms with Crippen LogP contribution in [0.2, 0.25) is 18.1 Å². The number of aliphatic hydroxyl groups is 1. The van der Waals surface area contributed by atoms with Crippen molar-refractivity contribution in [1.82, 2.24) is 0 Å². The Labute approximate surface area is 102 Å². The summed E-state index contributed by atoms with van der Waals surface area (Å²) in [5, 5.41) is 9.84. The Morgan fingerprint density at radius 2 is 1.88 bits per heavy atom. The molecule has 0 aliphatic carbocycles. The fraction of sp³-hybridized carbons (Fsp3) is 0.846. The first-order valence-electron chi connectivity index (χ1n) is 6.05. The highest BCUT2D eigenvalue weighted by Crippen LogP contribution is 2.36. The molecular formula is C13H28O2Si. The Morgan fingerprint density at radius 3 is 2.25 bits per heavy atom. The minimum atomic E-state index is -1.61. The van der Waals surface area contributed by atoms with Gasteiger partial charge in [-0.05, 0) is 37.9 Å². The van der Waals surface area contributed by atoms with Crippen molar-refractivity contribution in [3.63, 3.8) is 0 Å². The summed E-state index contributed by atoms with van der Waals surface area (Å²) in [4.78, 5) is 0. The first-order valence-corrected chi connectivity index (χ1v) is 8.96. The first-order chi connectivity index (χ1) is 7.08. The summed E-state index contributed by atoms with van der Waals surface area (Å²) in [6.07, 6.45) is 1.29. The van der Waals surface area contributed by atoms with E-state index in [1.54, 1.807) is 0 Å². The number of hydrogen-bond donors (Lipinski definition) is 1. The molecule has 0 bridgehead atoms. The fourth-order valence-corrected chi connectivity index (χ4v) is 2.15. The summed E-state index contributed by atoms with van der Waals surface area (Å²) in [5.41, 5.74) is 0.840. The van der Waals surface area contributed by atoms with Gasteiger partial charge in [-0.25, -0.2) is 0 Å². The molecule has 0 amide bonds. The van der Waals surface area contributed by atoms with Gasteiger partial charge in [0.15, 0.2) is 8.32 Å². The van der Waals surface area contributed by atoms with E-state index in [0.29, 0.717) is 0 Å². The van der Waals surface area contributed by atoms with Crippen LogP contribution in [0.15, 0.2) is 12.2 Å². The minimum absolute atomic E-state index is 0.264. The molecule has 0 aliphatic rings. The predicted molar refractivity (Wildman–Crippen MR) is 73.2 cm³/mol. The largest absolute Gasteiger partial charge is 0.417 e. The van der Waals surface area contributed by atoms with E-state index >= 15 is 0 Å². The summed E-state index contributed by atoms with van der Waals surface area (Å²) < 4.78 is 6.02. The molecule has 0 aromatic heterocycles. The van der Waals surface area contributed by atoms with Gasteiger partial charge in [0, 0.05) is 6.61 Å². The summed E-state index contributed by atoms with van der Waals surface area (Å²) in [5.74, 6) is 0. The summed E-state index contributed by atoms with van der Waals surface area (Å²) in [7, 11) is -1.61. The quantitative estimate of drug-likeness (QED) is 0.438. The SMILES string of the molecule is C=C(C)[C@H](O)CCCO[Si](C)(C)C(C)(C)C. The van der Waals surface area contributed by atoms with Crippen LogP contribution in [0.1, 0.15) is 40.5 Å². The van der Waals surface area contributed by atoms with Gasteiger partial charge >= 0.3 is 0 Å². The molecule has 0 radical (unpaired) electrons. The van der Waals surface area contributed by atoms with Crippen molar-refractivity contribution in [3.8, 4) is 0 Å². The Morgan fingerprint density at radius 1 is 1.38 bits per heavy atom. The van der Waals surface area contributed by atoms with Crippen molar-refractivity contribution >= 4 is 8.32 Å². The van der Waals surface area contributed by atoms with Gasteiger partial charge in [-0.15, -0.1) is 0 Å². The molecule has 0 spiro atoms. The molecule has 16 heavy (non-hydrogen) atoms. The molecule has 1 atom stereocenters. The summed E-state index contributed by atoms with van der Waals surface area (Å²) in [6.45, 7) is 17.6. The van der Waals surface area contributed by atoms with Crippen molar-refractivity contribution in [2.75, 3.05) is 6.61 Å². The lowest BCUT2D eigenvalue weighted by molar-refractivity contribution is 0.182. The Kier molecular flexibility index (Phi) is 5.94. The van der Waals surface area contributed by atoms with Gasteiger partial charge in [-0.2, -0.15) is 0 Å². The topological polar surface area (TPSA) is 29.5 Å². The predicted octanol–water partition coefficient (Wildman–Crippen LogP) is 3.73. The van der Waals surface area contributed by atoms with Gasteiger partial charge in [0.1, 0.15) is 0 Å². The first kappa shape index (κ1) is 15.9. The van der Waals surface area contributed by atoms with Crippen LogP contribution in [0, 0.1) is 0 Å². The van der Waals surface area contributed by atoms with Crippen LogP contribution >= 0.6 is 0 Å². The Bertz CT molecular complexity index is 229. The standard InChI is InChI=1S/C13H28O2Si/c1-11(2)12(14)9-8-10-15-16(6,7)13(3,4)5/h12,14H,1,8-10H2,2-7H3/t12-/m1/s1. The zero-order valence-corrected chi connectivity index (χ0v) is 12.8. The van der Waals surface area contributed by atoms with E-state index in [4.69, 9.17) is 4.43 Å². The van der Waals surface area contributed by atoms with Crippen LogP contribution in [0.4, 0.5) is 0 Å². The molecule has 0 unspecified atom stereocenters. The van der Waals surface area contributed by atoms with Crippen LogP contribution in [-0.2, 0) is 4.43 Å². The second-order valence-corrected chi connectivity index (χ2v) is 10.9. The molecule has 0 aliphatic heterocycles. The van der Waals surface area contributed by atoms with Crippen molar-refractivity contribution in [3.05, 3.63) is 12.2 Å². The second-order valence-electron chi connectivity index (χ2n) is 6.11. The van der Waals surface area contributed by atoms with E-state index in [-0.39, 0.29) is 11.1 Å². The normalized spacial score (nSPS) is 14.9. The fourth-order valence-electron chi connectivity index (χ4n) is 1.07. The molecule has 0 aromatic rings. The van der Waals surface area contributed by atoms with E-state index in [1.807, 2.05) is 6.92 Å². The maximum absolute atomic E-state index is 9.57. The molecule has 0 heterocycles. The van der Waals surface area contributed by atoms with Crippen molar-refractivity contribution in [1.29, 1.82) is 0 Å². The Hall–Kier alpha value is -0.123. The maximum atomic E-state index is 9.57. The Balaban J connectivity index is 3.87. The van der Waals surface area contributed by atoms with E-state index in [0.717, 1.165) is 25.0 Å². The second kappa shape index (κ2) is 5.99. The van der Waals surface area contributed by atoms with Crippen LogP contribution in [0.5, 0.6) is 0 Å². The third kappa shape index (κ3) is 5.28. The van der Waals surface area contributed by atoms with Crippen LogP contribution in [-0.4, -0.2) is 26.1 Å². The lowest BCUT2D eigenvalue weighted by atomic mass is 10.1. The molecule has 2 nitrogen and oxygen atoms in total. The van der Waals surface area contributed by atoms with Gasteiger partial charge < -0.3 is 9.53 Å². The molecule has 0 aromatic carbocycles. The average Bonchev–Trinajstić information content (AvgIpc) is 2.09. The highest BCUT2D eigenvalue weighted by atomic mass is 28.4. The van der Waals surface area contributed by atoms with E-state index in [2.05, 4.69) is 40.4 Å². The van der Waals surface area contributed by atoms with Crippen molar-refractivity contribution < 1.29 is 9.53 Å². The lowest BCUT2D eigenvalue weighted by Gasteiger charge is -2.36. The monoisotopic (exact) mass is 244 g/mol. The zero-order chi connectivity index (χ0) is 13.0. The lowest BCUT2D eigenvalue weighted by Crippen LogP contribution is -2.41.